The first kappa shape index (κ1) is 22.3. The Morgan fingerprint density at radius 3 is 2.58 bits per heavy atom. The van der Waals surface area contributed by atoms with Gasteiger partial charge in [0.1, 0.15) is 12.4 Å². The molecule has 0 fully saturated rings. The van der Waals surface area contributed by atoms with Crippen molar-refractivity contribution < 1.29 is 9.84 Å². The number of ether oxygens (including phenoxy) is 1. The van der Waals surface area contributed by atoms with Gasteiger partial charge in [-0.3, -0.25) is 9.36 Å². The Balaban J connectivity index is 1.61. The fourth-order valence-corrected chi connectivity index (χ4v) is 3.63. The summed E-state index contributed by atoms with van der Waals surface area (Å²) >= 11 is 0. The van der Waals surface area contributed by atoms with E-state index in [0.29, 0.717) is 24.6 Å². The minimum Gasteiger partial charge on any atom is -0.475 e. The van der Waals surface area contributed by atoms with Gasteiger partial charge >= 0.3 is 0 Å². The van der Waals surface area contributed by atoms with E-state index < -0.39 is 0 Å². The summed E-state index contributed by atoms with van der Waals surface area (Å²) in [6.45, 7) is 2.49. The number of hydrogen-bond donors (Lipinski definition) is 2. The number of benzene rings is 2. The summed E-state index contributed by atoms with van der Waals surface area (Å²) < 4.78 is 7.06. The zero-order chi connectivity index (χ0) is 23.0. The molecule has 2 heterocycles. The summed E-state index contributed by atoms with van der Waals surface area (Å²) in [5.41, 5.74) is 3.72. The molecule has 0 atom stereocenters. The molecule has 0 bridgehead atoms. The molecule has 33 heavy (non-hydrogen) atoms. The quantitative estimate of drug-likeness (QED) is 0.384. The van der Waals surface area contributed by atoms with Gasteiger partial charge in [0, 0.05) is 12.0 Å². The summed E-state index contributed by atoms with van der Waals surface area (Å²) in [7, 11) is 0. The molecule has 0 radical (unpaired) electrons. The van der Waals surface area contributed by atoms with Gasteiger partial charge in [-0.1, -0.05) is 61.9 Å². The van der Waals surface area contributed by atoms with Crippen molar-refractivity contribution in [3.8, 4) is 28.4 Å². The smallest absolute Gasteiger partial charge is 0.257 e. The number of aliphatic hydroxyl groups is 1. The van der Waals surface area contributed by atoms with Crippen LogP contribution in [-0.2, 0) is 13.0 Å². The summed E-state index contributed by atoms with van der Waals surface area (Å²) in [5, 5.41) is 23.3. The van der Waals surface area contributed by atoms with E-state index in [4.69, 9.17) is 9.84 Å². The largest absolute Gasteiger partial charge is 0.475 e. The lowest BCUT2D eigenvalue weighted by Crippen LogP contribution is -2.26. The highest BCUT2D eigenvalue weighted by Crippen LogP contribution is 2.29. The second kappa shape index (κ2) is 10.6. The molecule has 2 N–H and O–H groups in total. The van der Waals surface area contributed by atoms with Crippen molar-refractivity contribution in [2.45, 2.75) is 32.7 Å². The molecule has 2 aromatic heterocycles. The van der Waals surface area contributed by atoms with Gasteiger partial charge in [0.15, 0.2) is 0 Å². The van der Waals surface area contributed by atoms with Crippen molar-refractivity contribution in [3.05, 3.63) is 76.3 Å². The van der Waals surface area contributed by atoms with Crippen LogP contribution in [0.2, 0.25) is 0 Å². The maximum Gasteiger partial charge on any atom is 0.257 e. The third-order valence-electron chi connectivity index (χ3n) is 5.28. The van der Waals surface area contributed by atoms with Gasteiger partial charge in [0.05, 0.1) is 19.2 Å². The van der Waals surface area contributed by atoms with Gasteiger partial charge in [-0.25, -0.2) is 0 Å². The van der Waals surface area contributed by atoms with E-state index in [1.54, 1.807) is 4.57 Å². The van der Waals surface area contributed by atoms with Crippen LogP contribution in [0.4, 0.5) is 0 Å². The number of aromatic amines is 1. The van der Waals surface area contributed by atoms with Gasteiger partial charge in [-0.15, -0.1) is 10.2 Å². The fraction of sp³-hybridized carbons (Fsp3) is 0.292. The second-order valence-electron chi connectivity index (χ2n) is 7.59. The molecule has 170 valence electrons. The van der Waals surface area contributed by atoms with Gasteiger partial charge in [-0.05, 0) is 28.3 Å². The van der Waals surface area contributed by atoms with Crippen molar-refractivity contribution in [2.24, 2.45) is 0 Å². The van der Waals surface area contributed by atoms with Gasteiger partial charge < -0.3 is 9.84 Å². The lowest BCUT2D eigenvalue weighted by molar-refractivity contribution is 0.195. The normalized spacial score (nSPS) is 11.0. The number of aryl methyl sites for hydroxylation is 1. The number of hydrogen-bond acceptors (Lipinski definition) is 7. The Labute approximate surface area is 191 Å². The minimum atomic E-state index is -0.171. The van der Waals surface area contributed by atoms with E-state index in [2.05, 4.69) is 32.5 Å². The Morgan fingerprint density at radius 1 is 1.09 bits per heavy atom. The third-order valence-corrected chi connectivity index (χ3v) is 5.28. The SMILES string of the molecule is CCCCc1nc(OCCO)cc(=O)n1Cc1ccc(-c2ccccc2-c2nn[nH]n2)cc1. The van der Waals surface area contributed by atoms with Crippen LogP contribution in [0, 0.1) is 0 Å². The maximum absolute atomic E-state index is 12.8. The Bertz CT molecular complexity index is 1240. The highest BCUT2D eigenvalue weighted by molar-refractivity contribution is 5.80. The molecule has 0 aliphatic heterocycles. The fourth-order valence-electron chi connectivity index (χ4n) is 3.63. The molecular weight excluding hydrogens is 420 g/mol. The minimum absolute atomic E-state index is 0.108. The summed E-state index contributed by atoms with van der Waals surface area (Å²) in [4.78, 5) is 17.3. The average Bonchev–Trinajstić information content (AvgIpc) is 3.38. The van der Waals surface area contributed by atoms with Crippen LogP contribution in [0.3, 0.4) is 0 Å². The van der Waals surface area contributed by atoms with Crippen LogP contribution >= 0.6 is 0 Å². The molecule has 9 heteroatoms. The van der Waals surface area contributed by atoms with E-state index in [1.807, 2.05) is 48.5 Å². The number of rotatable bonds is 10. The molecule has 0 unspecified atom stereocenters. The summed E-state index contributed by atoms with van der Waals surface area (Å²) in [6.07, 6.45) is 2.59. The Kier molecular flexibility index (Phi) is 7.21. The first-order valence-corrected chi connectivity index (χ1v) is 11.0. The average molecular weight is 447 g/mol. The first-order valence-electron chi connectivity index (χ1n) is 11.0. The van der Waals surface area contributed by atoms with Gasteiger partial charge in [0.2, 0.25) is 11.7 Å². The number of aromatic nitrogens is 6. The highest BCUT2D eigenvalue weighted by Gasteiger charge is 2.13. The number of aliphatic hydroxyl groups excluding tert-OH is 1. The van der Waals surface area contributed by atoms with Crippen LogP contribution in [0.15, 0.2) is 59.4 Å². The predicted octanol–water partition coefficient (Wildman–Crippen LogP) is 2.85. The van der Waals surface area contributed by atoms with Crippen molar-refractivity contribution in [2.75, 3.05) is 13.2 Å². The molecule has 0 saturated heterocycles. The van der Waals surface area contributed by atoms with Crippen LogP contribution in [-0.4, -0.2) is 48.5 Å². The van der Waals surface area contributed by atoms with Crippen molar-refractivity contribution in [1.29, 1.82) is 0 Å². The molecule has 0 saturated carbocycles. The van der Waals surface area contributed by atoms with Crippen molar-refractivity contribution in [1.82, 2.24) is 30.2 Å². The number of unbranched alkanes of at least 4 members (excludes halogenated alkanes) is 1. The van der Waals surface area contributed by atoms with Crippen molar-refractivity contribution >= 4 is 0 Å². The molecule has 9 nitrogen and oxygen atoms in total. The van der Waals surface area contributed by atoms with Gasteiger partial charge in [-0.2, -0.15) is 10.2 Å². The molecular formula is C24H26N6O3. The van der Waals surface area contributed by atoms with Crippen molar-refractivity contribution in [3.63, 3.8) is 0 Å². The number of tetrazole rings is 1. The zero-order valence-electron chi connectivity index (χ0n) is 18.4. The molecule has 0 amide bonds. The zero-order valence-corrected chi connectivity index (χ0v) is 18.4. The van der Waals surface area contributed by atoms with E-state index in [9.17, 15) is 4.79 Å². The lowest BCUT2D eigenvalue weighted by atomic mass is 9.98. The van der Waals surface area contributed by atoms with Crippen LogP contribution in [0.1, 0.15) is 31.2 Å². The van der Waals surface area contributed by atoms with E-state index in [0.717, 1.165) is 35.1 Å². The molecule has 2 aromatic carbocycles. The monoisotopic (exact) mass is 446 g/mol. The standard InChI is InChI=1S/C24H26N6O3/c1-2-3-8-21-25-22(33-14-13-31)15-23(32)30(21)16-17-9-11-18(12-10-17)19-6-4-5-7-20(19)24-26-28-29-27-24/h4-7,9-12,15,31H,2-3,8,13-14,16H2,1H3,(H,26,27,28,29). The molecule has 0 aliphatic carbocycles. The number of nitrogens with one attached hydrogen (secondary N) is 1. The Morgan fingerprint density at radius 2 is 1.88 bits per heavy atom. The third kappa shape index (κ3) is 5.32. The maximum atomic E-state index is 12.8. The first-order chi connectivity index (χ1) is 16.2. The lowest BCUT2D eigenvalue weighted by Gasteiger charge is -2.14. The molecule has 0 spiro atoms. The Hall–Kier alpha value is -3.85. The number of H-pyrrole nitrogens is 1. The molecule has 0 aliphatic rings. The topological polar surface area (TPSA) is 119 Å². The van der Waals surface area contributed by atoms with Gasteiger partial charge in [0.25, 0.3) is 5.56 Å². The number of nitrogens with zero attached hydrogens (tertiary/aromatic N) is 5. The highest BCUT2D eigenvalue weighted by atomic mass is 16.5. The second-order valence-corrected chi connectivity index (χ2v) is 7.59. The molecule has 4 rings (SSSR count). The van der Waals surface area contributed by atoms with Crippen LogP contribution in [0.5, 0.6) is 5.88 Å². The van der Waals surface area contributed by atoms with E-state index in [-0.39, 0.29) is 24.7 Å². The summed E-state index contributed by atoms with van der Waals surface area (Å²) in [5.74, 6) is 1.48. The van der Waals surface area contributed by atoms with E-state index >= 15 is 0 Å². The van der Waals surface area contributed by atoms with Crippen LogP contribution < -0.4 is 10.3 Å². The molecule has 4 aromatic rings. The predicted molar refractivity (Wildman–Crippen MR) is 124 cm³/mol. The van der Waals surface area contributed by atoms with Crippen LogP contribution in [0.25, 0.3) is 22.5 Å². The summed E-state index contributed by atoms with van der Waals surface area (Å²) in [6, 6.07) is 17.3. The van der Waals surface area contributed by atoms with E-state index in [1.165, 1.54) is 6.07 Å².